The smallest absolute Gasteiger partial charge is 0.223 e. The van der Waals surface area contributed by atoms with Gasteiger partial charge in [0.15, 0.2) is 23.6 Å². The molecule has 8 nitrogen and oxygen atoms in total. The second-order valence-corrected chi connectivity index (χ2v) is 13.0. The van der Waals surface area contributed by atoms with E-state index in [1.54, 1.807) is 9.58 Å². The van der Waals surface area contributed by atoms with Gasteiger partial charge in [-0.25, -0.2) is 13.7 Å². The van der Waals surface area contributed by atoms with Gasteiger partial charge in [-0.3, -0.25) is 14.5 Å². The Hall–Kier alpha value is -4.62. The number of hydrogen-bond donors (Lipinski definition) is 3. The Labute approximate surface area is 287 Å². The standard InChI is InChI=1S/C37H33BF2N3O5S/c1-38-25-12-11-23(18-44)24(15-25)17-41-21-43(42-14-13-29(45)36(35(42)37(41)47)48-19-22-7-3-2-4-8-22)34-26-9-5-6-10-31(26)49-20-27-32(34)30(46)16-28(39)33(27)40/h2-16,34,37,44,46-47H,17-21H2,1H3. The first-order valence-electron chi connectivity index (χ1n) is 15.8. The predicted molar refractivity (Wildman–Crippen MR) is 185 cm³/mol. The fourth-order valence-corrected chi connectivity index (χ4v) is 7.73. The lowest BCUT2D eigenvalue weighted by Gasteiger charge is -2.47. The van der Waals surface area contributed by atoms with Crippen molar-refractivity contribution in [3.63, 3.8) is 0 Å². The fraction of sp³-hybridized carbons (Fsp3) is 0.216. The lowest BCUT2D eigenvalue weighted by Crippen LogP contribution is -2.54. The number of rotatable bonds is 8. The topological polar surface area (TPSA) is 98.4 Å². The van der Waals surface area contributed by atoms with Crippen LogP contribution in [0.2, 0.25) is 6.82 Å². The van der Waals surface area contributed by atoms with Crippen molar-refractivity contribution in [3.8, 4) is 11.5 Å². The maximum Gasteiger partial charge on any atom is 0.223 e. The van der Waals surface area contributed by atoms with Crippen molar-refractivity contribution in [3.05, 3.63) is 152 Å². The van der Waals surface area contributed by atoms with Crippen LogP contribution < -0.4 is 20.6 Å². The molecule has 0 saturated heterocycles. The highest BCUT2D eigenvalue weighted by Gasteiger charge is 2.41. The van der Waals surface area contributed by atoms with Gasteiger partial charge in [0.05, 0.1) is 13.3 Å². The Morgan fingerprint density at radius 1 is 1.00 bits per heavy atom. The molecule has 2 atom stereocenters. The first-order valence-corrected chi connectivity index (χ1v) is 16.8. The number of hydrogen-bond acceptors (Lipinski definition) is 8. The first kappa shape index (κ1) is 32.9. The van der Waals surface area contributed by atoms with E-state index in [2.05, 4.69) is 0 Å². The number of benzene rings is 4. The largest absolute Gasteiger partial charge is 0.507 e. The number of aromatic nitrogens is 1. The molecule has 1 radical (unpaired) electrons. The molecule has 0 saturated carbocycles. The van der Waals surface area contributed by atoms with Crippen molar-refractivity contribution in [2.75, 3.05) is 11.7 Å². The molecule has 0 aliphatic carbocycles. The van der Waals surface area contributed by atoms with E-state index in [1.807, 2.05) is 91.9 Å². The van der Waals surface area contributed by atoms with Crippen LogP contribution in [0.15, 0.2) is 101 Å². The molecule has 3 N–H and O–H groups in total. The van der Waals surface area contributed by atoms with Gasteiger partial charge < -0.3 is 20.1 Å². The van der Waals surface area contributed by atoms with Gasteiger partial charge >= 0.3 is 0 Å². The summed E-state index contributed by atoms with van der Waals surface area (Å²) in [5, 5.41) is 35.5. The Kier molecular flexibility index (Phi) is 9.21. The Morgan fingerprint density at radius 2 is 1.78 bits per heavy atom. The molecule has 12 heteroatoms. The molecule has 0 amide bonds. The average molecular weight is 681 g/mol. The molecule has 4 aromatic carbocycles. The summed E-state index contributed by atoms with van der Waals surface area (Å²) in [6, 6.07) is 23.7. The van der Waals surface area contributed by atoms with Gasteiger partial charge in [-0.2, -0.15) is 0 Å². The number of fused-ring (bicyclic) bond motifs is 3. The van der Waals surface area contributed by atoms with Crippen molar-refractivity contribution >= 4 is 24.5 Å². The summed E-state index contributed by atoms with van der Waals surface area (Å²) >= 11 is 1.33. The van der Waals surface area contributed by atoms with Gasteiger partial charge in [-0.1, -0.05) is 79.0 Å². The van der Waals surface area contributed by atoms with E-state index in [0.717, 1.165) is 33.1 Å². The summed E-state index contributed by atoms with van der Waals surface area (Å²) < 4.78 is 38.2. The highest BCUT2D eigenvalue weighted by molar-refractivity contribution is 7.98. The molecule has 49 heavy (non-hydrogen) atoms. The maximum absolute atomic E-state index is 15.6. The molecule has 0 fully saturated rings. The first-order chi connectivity index (χ1) is 23.8. The van der Waals surface area contributed by atoms with Crippen LogP contribution >= 0.6 is 11.8 Å². The van der Waals surface area contributed by atoms with Crippen LogP contribution in [0.5, 0.6) is 11.5 Å². The molecule has 249 valence electrons. The minimum atomic E-state index is -1.36. The van der Waals surface area contributed by atoms with E-state index < -0.39 is 35.1 Å². The minimum Gasteiger partial charge on any atom is -0.507 e. The van der Waals surface area contributed by atoms with Gasteiger partial charge in [0.2, 0.25) is 5.43 Å². The van der Waals surface area contributed by atoms with Crippen molar-refractivity contribution in [2.45, 2.75) is 49.5 Å². The summed E-state index contributed by atoms with van der Waals surface area (Å²) in [6.45, 7) is 1.90. The van der Waals surface area contributed by atoms with E-state index in [9.17, 15) is 24.5 Å². The van der Waals surface area contributed by atoms with Crippen LogP contribution in [0, 0.1) is 11.6 Å². The zero-order valence-electron chi connectivity index (χ0n) is 26.6. The molecule has 0 spiro atoms. The number of phenols is 1. The molecule has 2 unspecified atom stereocenters. The highest BCUT2D eigenvalue weighted by atomic mass is 32.2. The predicted octanol–water partition coefficient (Wildman–Crippen LogP) is 5.08. The molecule has 3 heterocycles. The van der Waals surface area contributed by atoms with Crippen molar-refractivity contribution < 1.29 is 28.8 Å². The normalized spacial score (nSPS) is 17.1. The molecule has 1 aromatic heterocycles. The summed E-state index contributed by atoms with van der Waals surface area (Å²) in [4.78, 5) is 16.0. The van der Waals surface area contributed by atoms with Crippen LogP contribution in [-0.2, 0) is 25.5 Å². The van der Waals surface area contributed by atoms with E-state index in [-0.39, 0.29) is 54.8 Å². The quantitative estimate of drug-likeness (QED) is 0.196. The molecule has 7 rings (SSSR count). The molecule has 0 bridgehead atoms. The minimum absolute atomic E-state index is 0.0155. The van der Waals surface area contributed by atoms with Crippen LogP contribution in [-0.4, -0.2) is 38.8 Å². The van der Waals surface area contributed by atoms with Crippen molar-refractivity contribution in [1.82, 2.24) is 9.58 Å². The van der Waals surface area contributed by atoms with Gasteiger partial charge in [0.1, 0.15) is 31.4 Å². The monoisotopic (exact) mass is 680 g/mol. The molecular formula is C37H33BF2N3O5S. The number of aromatic hydroxyl groups is 1. The number of thioether (sulfide) groups is 1. The van der Waals surface area contributed by atoms with Crippen LogP contribution in [0.4, 0.5) is 8.78 Å². The second-order valence-electron chi connectivity index (χ2n) is 12.0. The highest BCUT2D eigenvalue weighted by Crippen LogP contribution is 2.48. The third-order valence-corrected chi connectivity index (χ3v) is 10.2. The van der Waals surface area contributed by atoms with E-state index >= 15 is 4.39 Å². The number of pyridine rings is 1. The molecule has 5 aromatic rings. The van der Waals surface area contributed by atoms with Gasteiger partial charge in [0.25, 0.3) is 0 Å². The van der Waals surface area contributed by atoms with E-state index in [4.69, 9.17) is 4.74 Å². The van der Waals surface area contributed by atoms with Crippen LogP contribution in [0.25, 0.3) is 0 Å². The fourth-order valence-electron chi connectivity index (χ4n) is 6.63. The van der Waals surface area contributed by atoms with E-state index in [0.29, 0.717) is 5.56 Å². The van der Waals surface area contributed by atoms with Crippen molar-refractivity contribution in [2.24, 2.45) is 0 Å². The third kappa shape index (κ3) is 6.10. The number of aliphatic hydroxyl groups excluding tert-OH is 2. The van der Waals surface area contributed by atoms with Crippen molar-refractivity contribution in [1.29, 1.82) is 0 Å². The molecular weight excluding hydrogens is 647 g/mol. The average Bonchev–Trinajstić information content (AvgIpc) is 3.29. The van der Waals surface area contributed by atoms with Crippen LogP contribution in [0.3, 0.4) is 0 Å². The number of ether oxygens (including phenoxy) is 1. The lowest BCUT2D eigenvalue weighted by molar-refractivity contribution is -0.0351. The Bertz CT molecular complexity index is 2080. The summed E-state index contributed by atoms with van der Waals surface area (Å²) in [7, 11) is 1.93. The molecule has 2 aliphatic rings. The summed E-state index contributed by atoms with van der Waals surface area (Å²) in [5.74, 6) is -2.60. The SMILES string of the molecule is C[B]c1ccc(CO)c(CN2CN(C3c4ccccc4SCc4c(F)c(F)cc(O)c43)n3ccc(=O)c(OCc4ccccc4)c3C2O)c1. The zero-order chi connectivity index (χ0) is 34.2. The summed E-state index contributed by atoms with van der Waals surface area (Å²) in [5.41, 5.74) is 3.77. The maximum atomic E-state index is 15.6. The van der Waals surface area contributed by atoms with E-state index in [1.165, 1.54) is 24.0 Å². The second kappa shape index (κ2) is 13.7. The number of phenolic OH excluding ortho intramolecular Hbond substituents is 1. The van der Waals surface area contributed by atoms with Gasteiger partial charge in [-0.05, 0) is 28.3 Å². The van der Waals surface area contributed by atoms with Gasteiger partial charge in [-0.15, -0.1) is 11.8 Å². The van der Waals surface area contributed by atoms with Crippen LogP contribution in [0.1, 0.15) is 51.3 Å². The number of halogens is 2. The molecule has 2 aliphatic heterocycles. The Balaban J connectivity index is 1.44. The lowest BCUT2D eigenvalue weighted by atomic mass is 9.72. The third-order valence-electron chi connectivity index (χ3n) is 9.09. The zero-order valence-corrected chi connectivity index (χ0v) is 27.4. The Morgan fingerprint density at radius 3 is 2.55 bits per heavy atom. The number of nitrogens with zero attached hydrogens (tertiary/aromatic N) is 3. The van der Waals surface area contributed by atoms with Gasteiger partial charge in [0, 0.05) is 46.6 Å². The summed E-state index contributed by atoms with van der Waals surface area (Å²) in [6.07, 6.45) is 0.168. The number of aliphatic hydroxyl groups is 2.